The standard InChI is InChI=1S/C14H13N/c1-10(2)14-12(9-15)8-7-11-5-3-4-6-13(11)14/h3-8,10H,1-2H3. The van der Waals surface area contributed by atoms with Crippen LogP contribution in [-0.4, -0.2) is 0 Å². The average Bonchev–Trinajstić information content (AvgIpc) is 2.27. The molecule has 2 aromatic carbocycles. The van der Waals surface area contributed by atoms with E-state index in [0.717, 1.165) is 11.1 Å². The van der Waals surface area contributed by atoms with E-state index in [1.54, 1.807) is 0 Å². The monoisotopic (exact) mass is 195 g/mol. The predicted octanol–water partition coefficient (Wildman–Crippen LogP) is 3.83. The summed E-state index contributed by atoms with van der Waals surface area (Å²) in [4.78, 5) is 0. The van der Waals surface area contributed by atoms with Crippen LogP contribution in [0.2, 0.25) is 0 Å². The number of nitrogens with zero attached hydrogens (tertiary/aromatic N) is 1. The van der Waals surface area contributed by atoms with E-state index in [0.29, 0.717) is 5.92 Å². The second-order valence-corrected chi connectivity index (χ2v) is 4.01. The Morgan fingerprint density at radius 3 is 2.47 bits per heavy atom. The van der Waals surface area contributed by atoms with Gasteiger partial charge in [0.1, 0.15) is 0 Å². The molecule has 1 nitrogen and oxygen atoms in total. The van der Waals surface area contributed by atoms with E-state index in [1.165, 1.54) is 10.8 Å². The Morgan fingerprint density at radius 1 is 1.07 bits per heavy atom. The molecule has 74 valence electrons. The van der Waals surface area contributed by atoms with Crippen LogP contribution in [0.25, 0.3) is 10.8 Å². The van der Waals surface area contributed by atoms with Crippen LogP contribution in [0.4, 0.5) is 0 Å². The molecule has 0 fully saturated rings. The minimum Gasteiger partial charge on any atom is -0.192 e. The summed E-state index contributed by atoms with van der Waals surface area (Å²) < 4.78 is 0. The van der Waals surface area contributed by atoms with Gasteiger partial charge in [-0.3, -0.25) is 0 Å². The molecule has 0 radical (unpaired) electrons. The van der Waals surface area contributed by atoms with Gasteiger partial charge >= 0.3 is 0 Å². The average molecular weight is 195 g/mol. The number of benzene rings is 2. The van der Waals surface area contributed by atoms with E-state index >= 15 is 0 Å². The molecule has 0 aliphatic heterocycles. The summed E-state index contributed by atoms with van der Waals surface area (Å²) in [7, 11) is 0. The van der Waals surface area contributed by atoms with Gasteiger partial charge < -0.3 is 0 Å². The van der Waals surface area contributed by atoms with Crippen LogP contribution < -0.4 is 0 Å². The second-order valence-electron chi connectivity index (χ2n) is 4.01. The Kier molecular flexibility index (Phi) is 2.43. The number of fused-ring (bicyclic) bond motifs is 1. The van der Waals surface area contributed by atoms with Crippen LogP contribution in [0.15, 0.2) is 36.4 Å². The molecule has 0 N–H and O–H groups in total. The Balaban J connectivity index is 2.86. The minimum absolute atomic E-state index is 0.380. The van der Waals surface area contributed by atoms with Crippen molar-refractivity contribution in [1.82, 2.24) is 0 Å². The molecule has 0 spiro atoms. The molecule has 1 heteroatoms. The Labute approximate surface area is 90.0 Å². The summed E-state index contributed by atoms with van der Waals surface area (Å²) >= 11 is 0. The molecule has 0 bridgehead atoms. The summed E-state index contributed by atoms with van der Waals surface area (Å²) in [6.45, 7) is 4.26. The first-order valence-corrected chi connectivity index (χ1v) is 5.16. The topological polar surface area (TPSA) is 23.8 Å². The van der Waals surface area contributed by atoms with Crippen molar-refractivity contribution in [3.05, 3.63) is 47.5 Å². The number of hydrogen-bond acceptors (Lipinski definition) is 1. The van der Waals surface area contributed by atoms with E-state index in [4.69, 9.17) is 5.26 Å². The molecule has 0 saturated heterocycles. The third-order valence-corrected chi connectivity index (χ3v) is 2.67. The van der Waals surface area contributed by atoms with Gasteiger partial charge in [-0.2, -0.15) is 5.26 Å². The van der Waals surface area contributed by atoms with Crippen molar-refractivity contribution < 1.29 is 0 Å². The lowest BCUT2D eigenvalue weighted by atomic mass is 9.92. The first-order chi connectivity index (χ1) is 7.24. The highest BCUT2D eigenvalue weighted by Gasteiger charge is 2.09. The van der Waals surface area contributed by atoms with Gasteiger partial charge in [0.05, 0.1) is 11.6 Å². The molecule has 0 amide bonds. The Bertz CT molecular complexity index is 533. The molecule has 0 aromatic heterocycles. The van der Waals surface area contributed by atoms with Gasteiger partial charge in [-0.1, -0.05) is 44.2 Å². The van der Waals surface area contributed by atoms with E-state index in [9.17, 15) is 0 Å². The molecule has 0 atom stereocenters. The zero-order valence-corrected chi connectivity index (χ0v) is 8.99. The van der Waals surface area contributed by atoms with Crippen molar-refractivity contribution in [3.8, 4) is 6.07 Å². The summed E-state index contributed by atoms with van der Waals surface area (Å²) in [6, 6.07) is 14.4. The number of hydrogen-bond donors (Lipinski definition) is 0. The lowest BCUT2D eigenvalue weighted by Crippen LogP contribution is -1.94. The molecule has 15 heavy (non-hydrogen) atoms. The van der Waals surface area contributed by atoms with Crippen molar-refractivity contribution in [2.45, 2.75) is 19.8 Å². The largest absolute Gasteiger partial charge is 0.192 e. The summed E-state index contributed by atoms with van der Waals surface area (Å²) in [5.41, 5.74) is 1.96. The Hall–Kier alpha value is -1.81. The highest BCUT2D eigenvalue weighted by molar-refractivity contribution is 5.88. The van der Waals surface area contributed by atoms with Crippen LogP contribution in [0.5, 0.6) is 0 Å². The summed E-state index contributed by atoms with van der Waals surface area (Å²) in [6.07, 6.45) is 0. The maximum absolute atomic E-state index is 9.08. The Morgan fingerprint density at radius 2 is 1.80 bits per heavy atom. The zero-order valence-electron chi connectivity index (χ0n) is 8.99. The van der Waals surface area contributed by atoms with Gasteiger partial charge in [0.15, 0.2) is 0 Å². The van der Waals surface area contributed by atoms with Crippen LogP contribution >= 0.6 is 0 Å². The first-order valence-electron chi connectivity index (χ1n) is 5.16. The van der Waals surface area contributed by atoms with Gasteiger partial charge in [-0.05, 0) is 28.3 Å². The third kappa shape index (κ3) is 1.59. The molecule has 2 rings (SSSR count). The van der Waals surface area contributed by atoms with Gasteiger partial charge in [-0.15, -0.1) is 0 Å². The van der Waals surface area contributed by atoms with Crippen molar-refractivity contribution in [2.24, 2.45) is 0 Å². The molecule has 0 saturated carbocycles. The van der Waals surface area contributed by atoms with E-state index in [2.05, 4.69) is 32.0 Å². The SMILES string of the molecule is CC(C)c1c(C#N)ccc2ccccc12. The van der Waals surface area contributed by atoms with Crippen molar-refractivity contribution >= 4 is 10.8 Å². The number of rotatable bonds is 1. The minimum atomic E-state index is 0.380. The third-order valence-electron chi connectivity index (χ3n) is 2.67. The molecular weight excluding hydrogens is 182 g/mol. The molecule has 2 aromatic rings. The van der Waals surface area contributed by atoms with E-state index in [-0.39, 0.29) is 0 Å². The number of nitriles is 1. The highest BCUT2D eigenvalue weighted by atomic mass is 14.3. The quantitative estimate of drug-likeness (QED) is 0.678. The van der Waals surface area contributed by atoms with Crippen LogP contribution in [0.1, 0.15) is 30.9 Å². The molecule has 0 heterocycles. The smallest absolute Gasteiger partial charge is 0.0994 e. The lowest BCUT2D eigenvalue weighted by Gasteiger charge is -2.11. The maximum atomic E-state index is 9.08. The van der Waals surface area contributed by atoms with Crippen molar-refractivity contribution in [1.29, 1.82) is 5.26 Å². The zero-order chi connectivity index (χ0) is 10.8. The highest BCUT2D eigenvalue weighted by Crippen LogP contribution is 2.28. The van der Waals surface area contributed by atoms with Crippen molar-refractivity contribution in [3.63, 3.8) is 0 Å². The van der Waals surface area contributed by atoms with Gasteiger partial charge in [-0.25, -0.2) is 0 Å². The normalized spacial score (nSPS) is 10.5. The van der Waals surface area contributed by atoms with Gasteiger partial charge in [0.2, 0.25) is 0 Å². The van der Waals surface area contributed by atoms with Gasteiger partial charge in [0, 0.05) is 0 Å². The molecule has 0 aliphatic rings. The van der Waals surface area contributed by atoms with Crippen LogP contribution in [0.3, 0.4) is 0 Å². The lowest BCUT2D eigenvalue weighted by molar-refractivity contribution is 0.872. The predicted molar refractivity (Wildman–Crippen MR) is 62.8 cm³/mol. The fraction of sp³-hybridized carbons (Fsp3) is 0.214. The fourth-order valence-electron chi connectivity index (χ4n) is 2.02. The van der Waals surface area contributed by atoms with E-state index in [1.807, 2.05) is 24.3 Å². The van der Waals surface area contributed by atoms with Crippen molar-refractivity contribution in [2.75, 3.05) is 0 Å². The summed E-state index contributed by atoms with van der Waals surface area (Å²) in [5.74, 6) is 0.380. The van der Waals surface area contributed by atoms with Gasteiger partial charge in [0.25, 0.3) is 0 Å². The first kappa shape index (κ1) is 9.73. The second kappa shape index (κ2) is 3.74. The fourth-order valence-corrected chi connectivity index (χ4v) is 2.02. The van der Waals surface area contributed by atoms with Crippen LogP contribution in [-0.2, 0) is 0 Å². The summed E-state index contributed by atoms with van der Waals surface area (Å²) in [5, 5.41) is 11.5. The molecular formula is C14H13N. The molecule has 0 unspecified atom stereocenters. The molecule has 0 aliphatic carbocycles. The van der Waals surface area contributed by atoms with E-state index < -0.39 is 0 Å². The maximum Gasteiger partial charge on any atom is 0.0994 e. The van der Waals surface area contributed by atoms with Crippen LogP contribution in [0, 0.1) is 11.3 Å².